The molecule has 76 valence electrons. The molecular weight excluding hydrogens is 198 g/mol. The van der Waals surface area contributed by atoms with Gasteiger partial charge in [-0.15, -0.1) is 11.6 Å². The molecular formula is C10H14ClN3. The Morgan fingerprint density at radius 1 is 1.29 bits per heavy atom. The third-order valence-electron chi connectivity index (χ3n) is 2.58. The Morgan fingerprint density at radius 3 is 2.86 bits per heavy atom. The second-order valence-corrected chi connectivity index (χ2v) is 4.20. The molecule has 14 heavy (non-hydrogen) atoms. The van der Waals surface area contributed by atoms with Gasteiger partial charge in [0.1, 0.15) is 5.82 Å². The molecule has 1 aliphatic rings. The summed E-state index contributed by atoms with van der Waals surface area (Å²) < 4.78 is 0. The van der Waals surface area contributed by atoms with Crippen molar-refractivity contribution in [3.63, 3.8) is 0 Å². The first-order valence-corrected chi connectivity index (χ1v) is 5.46. The van der Waals surface area contributed by atoms with Crippen LogP contribution >= 0.6 is 11.6 Å². The van der Waals surface area contributed by atoms with Gasteiger partial charge in [0.25, 0.3) is 0 Å². The maximum Gasteiger partial charge on any atom is 0.144 e. The molecule has 2 rings (SSSR count). The second-order valence-electron chi connectivity index (χ2n) is 3.64. The van der Waals surface area contributed by atoms with Crippen LogP contribution in [0.15, 0.2) is 18.6 Å². The van der Waals surface area contributed by atoms with Crippen LogP contribution in [0.5, 0.6) is 0 Å². The van der Waals surface area contributed by atoms with Gasteiger partial charge in [-0.3, -0.25) is 4.98 Å². The SMILES string of the molecule is ClC1CCCCC1Nc1cnccn1. The van der Waals surface area contributed by atoms with E-state index in [0.29, 0.717) is 6.04 Å². The molecule has 0 spiro atoms. The number of hydrogen-bond donors (Lipinski definition) is 1. The van der Waals surface area contributed by atoms with Crippen molar-refractivity contribution in [2.24, 2.45) is 0 Å². The zero-order chi connectivity index (χ0) is 9.80. The fourth-order valence-corrected chi connectivity index (χ4v) is 2.16. The number of nitrogens with zero attached hydrogens (tertiary/aromatic N) is 2. The van der Waals surface area contributed by atoms with E-state index in [-0.39, 0.29) is 5.38 Å². The first-order chi connectivity index (χ1) is 6.86. The summed E-state index contributed by atoms with van der Waals surface area (Å²) in [6, 6.07) is 0.349. The summed E-state index contributed by atoms with van der Waals surface area (Å²) >= 11 is 6.22. The number of halogens is 1. The average molecular weight is 212 g/mol. The Balaban J connectivity index is 1.96. The van der Waals surface area contributed by atoms with Crippen LogP contribution in [0.4, 0.5) is 5.82 Å². The van der Waals surface area contributed by atoms with E-state index < -0.39 is 0 Å². The normalized spacial score (nSPS) is 27.2. The lowest BCUT2D eigenvalue weighted by molar-refractivity contribution is 0.468. The van der Waals surface area contributed by atoms with E-state index in [1.165, 1.54) is 12.8 Å². The minimum atomic E-state index is 0.228. The van der Waals surface area contributed by atoms with Crippen molar-refractivity contribution >= 4 is 17.4 Å². The molecule has 3 nitrogen and oxygen atoms in total. The Kier molecular flexibility index (Phi) is 3.19. The number of hydrogen-bond acceptors (Lipinski definition) is 3. The van der Waals surface area contributed by atoms with Crippen LogP contribution in [0.3, 0.4) is 0 Å². The van der Waals surface area contributed by atoms with Gasteiger partial charge in [0.2, 0.25) is 0 Å². The molecule has 2 unspecified atom stereocenters. The Labute approximate surface area is 88.9 Å². The molecule has 1 N–H and O–H groups in total. The lowest BCUT2D eigenvalue weighted by atomic mass is 9.95. The van der Waals surface area contributed by atoms with E-state index in [4.69, 9.17) is 11.6 Å². The predicted molar refractivity (Wildman–Crippen MR) is 57.6 cm³/mol. The fraction of sp³-hybridized carbons (Fsp3) is 0.600. The van der Waals surface area contributed by atoms with E-state index in [0.717, 1.165) is 18.7 Å². The quantitative estimate of drug-likeness (QED) is 0.764. The lowest BCUT2D eigenvalue weighted by Crippen LogP contribution is -2.33. The highest BCUT2D eigenvalue weighted by Gasteiger charge is 2.22. The first-order valence-electron chi connectivity index (χ1n) is 5.03. The molecule has 1 aliphatic carbocycles. The number of anilines is 1. The molecule has 1 saturated carbocycles. The highest BCUT2D eigenvalue weighted by atomic mass is 35.5. The summed E-state index contributed by atoms with van der Waals surface area (Å²) in [6.07, 6.45) is 9.81. The van der Waals surface area contributed by atoms with Crippen LogP contribution < -0.4 is 5.32 Å². The highest BCUT2D eigenvalue weighted by Crippen LogP contribution is 2.25. The lowest BCUT2D eigenvalue weighted by Gasteiger charge is -2.27. The van der Waals surface area contributed by atoms with E-state index in [1.807, 2.05) is 0 Å². The van der Waals surface area contributed by atoms with Gasteiger partial charge in [0, 0.05) is 18.4 Å². The molecule has 1 heterocycles. The minimum Gasteiger partial charge on any atom is -0.365 e. The van der Waals surface area contributed by atoms with Crippen molar-refractivity contribution in [3.05, 3.63) is 18.6 Å². The standard InChI is InChI=1S/C10H14ClN3/c11-8-3-1-2-4-9(8)14-10-7-12-5-6-13-10/h5-9H,1-4H2,(H,13,14). The summed E-state index contributed by atoms with van der Waals surface area (Å²) in [5, 5.41) is 3.55. The van der Waals surface area contributed by atoms with Gasteiger partial charge in [-0.05, 0) is 12.8 Å². The van der Waals surface area contributed by atoms with E-state index >= 15 is 0 Å². The Bertz CT molecular complexity index is 278. The molecule has 0 aliphatic heterocycles. The third kappa shape index (κ3) is 2.35. The smallest absolute Gasteiger partial charge is 0.144 e. The number of nitrogens with one attached hydrogen (secondary N) is 1. The van der Waals surface area contributed by atoms with Gasteiger partial charge in [-0.1, -0.05) is 12.8 Å². The molecule has 0 radical (unpaired) electrons. The van der Waals surface area contributed by atoms with Crippen LogP contribution in [-0.2, 0) is 0 Å². The molecule has 2 atom stereocenters. The molecule has 0 aromatic carbocycles. The largest absolute Gasteiger partial charge is 0.365 e. The van der Waals surface area contributed by atoms with Gasteiger partial charge in [-0.2, -0.15) is 0 Å². The maximum absolute atomic E-state index is 6.22. The van der Waals surface area contributed by atoms with Crippen molar-refractivity contribution in [1.29, 1.82) is 0 Å². The first kappa shape index (κ1) is 9.71. The van der Waals surface area contributed by atoms with Crippen molar-refractivity contribution in [1.82, 2.24) is 9.97 Å². The number of rotatable bonds is 2. The maximum atomic E-state index is 6.22. The van der Waals surface area contributed by atoms with Crippen molar-refractivity contribution < 1.29 is 0 Å². The molecule has 0 saturated heterocycles. The predicted octanol–water partition coefficient (Wildman–Crippen LogP) is 2.44. The van der Waals surface area contributed by atoms with Gasteiger partial charge in [0.05, 0.1) is 11.6 Å². The summed E-state index contributed by atoms with van der Waals surface area (Å²) in [7, 11) is 0. The molecule has 4 heteroatoms. The summed E-state index contributed by atoms with van der Waals surface area (Å²) in [5.74, 6) is 0.824. The summed E-state index contributed by atoms with van der Waals surface area (Å²) in [5.41, 5.74) is 0. The van der Waals surface area contributed by atoms with Crippen LogP contribution in [-0.4, -0.2) is 21.4 Å². The molecule has 0 bridgehead atoms. The number of aromatic nitrogens is 2. The van der Waals surface area contributed by atoms with Gasteiger partial charge >= 0.3 is 0 Å². The van der Waals surface area contributed by atoms with E-state index in [2.05, 4.69) is 15.3 Å². The van der Waals surface area contributed by atoms with Crippen molar-refractivity contribution in [2.45, 2.75) is 37.1 Å². The fourth-order valence-electron chi connectivity index (χ4n) is 1.81. The second kappa shape index (κ2) is 4.60. The monoisotopic (exact) mass is 211 g/mol. The average Bonchev–Trinajstić information content (AvgIpc) is 2.23. The van der Waals surface area contributed by atoms with Crippen LogP contribution in [0.2, 0.25) is 0 Å². The van der Waals surface area contributed by atoms with Crippen LogP contribution in [0.25, 0.3) is 0 Å². The number of alkyl halides is 1. The summed E-state index contributed by atoms with van der Waals surface area (Å²) in [4.78, 5) is 8.18. The van der Waals surface area contributed by atoms with Gasteiger partial charge in [-0.25, -0.2) is 4.98 Å². The molecule has 0 amide bonds. The third-order valence-corrected chi connectivity index (χ3v) is 3.10. The highest BCUT2D eigenvalue weighted by molar-refractivity contribution is 6.21. The van der Waals surface area contributed by atoms with Gasteiger partial charge < -0.3 is 5.32 Å². The Morgan fingerprint density at radius 2 is 2.14 bits per heavy atom. The summed E-state index contributed by atoms with van der Waals surface area (Å²) in [6.45, 7) is 0. The van der Waals surface area contributed by atoms with E-state index in [1.54, 1.807) is 18.6 Å². The van der Waals surface area contributed by atoms with Crippen molar-refractivity contribution in [3.8, 4) is 0 Å². The Hall–Kier alpha value is -0.830. The minimum absolute atomic E-state index is 0.228. The van der Waals surface area contributed by atoms with Crippen molar-refractivity contribution in [2.75, 3.05) is 5.32 Å². The van der Waals surface area contributed by atoms with Crippen LogP contribution in [0, 0.1) is 0 Å². The van der Waals surface area contributed by atoms with Gasteiger partial charge in [0.15, 0.2) is 0 Å². The zero-order valence-corrected chi connectivity index (χ0v) is 8.74. The molecule has 1 fully saturated rings. The topological polar surface area (TPSA) is 37.8 Å². The molecule has 1 aromatic heterocycles. The van der Waals surface area contributed by atoms with Crippen LogP contribution in [0.1, 0.15) is 25.7 Å². The zero-order valence-electron chi connectivity index (χ0n) is 7.99. The van der Waals surface area contributed by atoms with E-state index in [9.17, 15) is 0 Å². The molecule has 1 aromatic rings.